The Morgan fingerprint density at radius 1 is 1.00 bits per heavy atom. The predicted octanol–water partition coefficient (Wildman–Crippen LogP) is 1.27. The van der Waals surface area contributed by atoms with Gasteiger partial charge < -0.3 is 0 Å². The van der Waals surface area contributed by atoms with Crippen LogP contribution in [0.25, 0.3) is 0 Å². The van der Waals surface area contributed by atoms with Crippen molar-refractivity contribution in [3.05, 3.63) is 93.5 Å². The molecule has 3 aromatic rings. The Balaban J connectivity index is 1.93. The summed E-state index contributed by atoms with van der Waals surface area (Å²) in [6.45, 7) is 0. The van der Waals surface area contributed by atoms with Gasteiger partial charge in [0.15, 0.2) is 0 Å². The minimum atomic E-state index is -5.44. The molecule has 0 aliphatic heterocycles. The molecule has 0 saturated carbocycles. The van der Waals surface area contributed by atoms with Crippen LogP contribution in [0, 0.1) is 10.1 Å². The Labute approximate surface area is 184 Å². The molecule has 0 bridgehead atoms. The van der Waals surface area contributed by atoms with Crippen molar-refractivity contribution in [1.29, 1.82) is 0 Å². The van der Waals surface area contributed by atoms with Gasteiger partial charge in [0, 0.05) is 0 Å². The molecule has 0 aromatic heterocycles. The van der Waals surface area contributed by atoms with Gasteiger partial charge in [0.25, 0.3) is 0 Å². The number of anilines is 1. The molecule has 32 heavy (non-hydrogen) atoms. The van der Waals surface area contributed by atoms with Crippen LogP contribution in [-0.4, -0.2) is 44.1 Å². The predicted molar refractivity (Wildman–Crippen MR) is 114 cm³/mol. The van der Waals surface area contributed by atoms with Crippen LogP contribution in [0.4, 0.5) is 11.4 Å². The number of nitro groups is 1. The van der Waals surface area contributed by atoms with Crippen molar-refractivity contribution in [2.24, 2.45) is 0 Å². The summed E-state index contributed by atoms with van der Waals surface area (Å²) < 4.78 is 29.6. The maximum atomic E-state index is 12.9. The van der Waals surface area contributed by atoms with Crippen molar-refractivity contribution in [1.82, 2.24) is 0 Å². The molecular formula is C21H17AsN2O8. The Hall–Kier alpha value is -3.72. The average Bonchev–Trinajstić information content (AvgIpc) is 2.74. The van der Waals surface area contributed by atoms with Crippen molar-refractivity contribution in [3.8, 4) is 5.75 Å². The molecule has 0 saturated heterocycles. The number of phenolic OH excluding ortho intramolecular Hbond substituents is 1. The van der Waals surface area contributed by atoms with Crippen LogP contribution in [0.2, 0.25) is 0 Å². The van der Waals surface area contributed by atoms with E-state index in [0.717, 1.165) is 18.2 Å². The van der Waals surface area contributed by atoms with Gasteiger partial charge in [0.2, 0.25) is 0 Å². The molecule has 0 radical (unpaired) electrons. The summed E-state index contributed by atoms with van der Waals surface area (Å²) in [7, 11) is 0. The number of rotatable bonds is 7. The summed E-state index contributed by atoms with van der Waals surface area (Å²) in [5.74, 6) is -1.96. The van der Waals surface area contributed by atoms with Gasteiger partial charge in [-0.3, -0.25) is 0 Å². The number of aromatic hydroxyl groups is 1. The SMILES string of the molecule is O=C(Cc1cc([N+](=O)[O-])ccc1C(=O)c1ccccc1)Nc1cccc([As](=O)(O)O)c1O. The van der Waals surface area contributed by atoms with Gasteiger partial charge in [-0.05, 0) is 0 Å². The first-order valence-electron chi connectivity index (χ1n) is 9.13. The zero-order valence-corrected chi connectivity index (χ0v) is 18.2. The summed E-state index contributed by atoms with van der Waals surface area (Å²) in [4.78, 5) is 36.0. The normalized spacial score (nSPS) is 11.1. The van der Waals surface area contributed by atoms with Crippen LogP contribution in [0.1, 0.15) is 21.5 Å². The fourth-order valence-electron chi connectivity index (χ4n) is 3.04. The number of carbonyl (C=O) groups is 2. The van der Waals surface area contributed by atoms with E-state index >= 15 is 0 Å². The number of hydrogen-bond donors (Lipinski definition) is 4. The van der Waals surface area contributed by atoms with E-state index in [9.17, 15) is 36.7 Å². The topological polar surface area (TPSA) is 167 Å². The standard InChI is InChI=1S/C21H17AsN2O8/c25-19(23-18-8-4-7-17(21(18)27)22(28,29)30)12-14-11-15(24(31)32)9-10-16(14)20(26)13-5-2-1-3-6-13/h1-11,27H,12H2,(H,23,25)(H2,28,29,30). The van der Waals surface area contributed by atoms with Crippen molar-refractivity contribution in [3.63, 3.8) is 0 Å². The van der Waals surface area contributed by atoms with Gasteiger partial charge in [0.1, 0.15) is 0 Å². The van der Waals surface area contributed by atoms with Gasteiger partial charge in [-0.1, -0.05) is 6.07 Å². The number of benzene rings is 3. The zero-order chi connectivity index (χ0) is 23.5. The molecule has 164 valence electrons. The van der Waals surface area contributed by atoms with Crippen molar-refractivity contribution in [2.75, 3.05) is 5.32 Å². The molecule has 3 rings (SSSR count). The number of non-ortho nitro benzene ring substituents is 1. The van der Waals surface area contributed by atoms with Crippen LogP contribution in [0.3, 0.4) is 0 Å². The van der Waals surface area contributed by atoms with E-state index in [1.165, 1.54) is 18.2 Å². The third-order valence-corrected chi connectivity index (χ3v) is 6.61. The summed E-state index contributed by atoms with van der Waals surface area (Å²) in [6, 6.07) is 15.3. The number of amides is 1. The number of nitrogens with zero attached hydrogens (tertiary/aromatic N) is 1. The van der Waals surface area contributed by atoms with Crippen LogP contribution >= 0.6 is 0 Å². The first-order chi connectivity index (χ1) is 15.1. The number of nitrogens with one attached hydrogen (secondary N) is 1. The van der Waals surface area contributed by atoms with Crippen molar-refractivity contribution < 1.29 is 31.5 Å². The summed E-state index contributed by atoms with van der Waals surface area (Å²) in [5, 5.41) is 23.6. The van der Waals surface area contributed by atoms with Gasteiger partial charge in [0.05, 0.1) is 0 Å². The molecule has 0 atom stereocenters. The molecule has 0 fully saturated rings. The second kappa shape index (κ2) is 9.19. The van der Waals surface area contributed by atoms with Gasteiger partial charge in [-0.2, -0.15) is 0 Å². The first-order valence-corrected chi connectivity index (χ1v) is 12.5. The number of ketones is 1. The van der Waals surface area contributed by atoms with Crippen LogP contribution < -0.4 is 9.67 Å². The summed E-state index contributed by atoms with van der Waals surface area (Å²) in [5.41, 5.74) is -0.0455. The molecule has 0 unspecified atom stereocenters. The Morgan fingerprint density at radius 3 is 2.31 bits per heavy atom. The Kier molecular flexibility index (Phi) is 6.59. The average molecular weight is 500 g/mol. The van der Waals surface area contributed by atoms with E-state index in [1.54, 1.807) is 30.3 Å². The monoisotopic (exact) mass is 500 g/mol. The Bertz CT molecular complexity index is 1250. The molecule has 11 heteroatoms. The van der Waals surface area contributed by atoms with E-state index in [2.05, 4.69) is 5.32 Å². The number of hydrogen-bond acceptors (Lipinski definition) is 6. The second-order valence-corrected chi connectivity index (χ2v) is 10.0. The van der Waals surface area contributed by atoms with Crippen LogP contribution in [0.15, 0.2) is 66.7 Å². The number of phenols is 1. The van der Waals surface area contributed by atoms with Crippen molar-refractivity contribution >= 4 is 41.6 Å². The molecule has 0 heterocycles. The summed E-state index contributed by atoms with van der Waals surface area (Å²) >= 11 is -5.44. The van der Waals surface area contributed by atoms with Gasteiger partial charge in [-0.25, -0.2) is 0 Å². The zero-order valence-electron chi connectivity index (χ0n) is 16.3. The number of carbonyl (C=O) groups excluding carboxylic acids is 2. The van der Waals surface area contributed by atoms with E-state index < -0.39 is 47.3 Å². The quantitative estimate of drug-likeness (QED) is 0.124. The molecule has 0 aliphatic rings. The van der Waals surface area contributed by atoms with Crippen LogP contribution in [-0.2, 0) is 15.0 Å². The molecule has 3 aromatic carbocycles. The van der Waals surface area contributed by atoms with Crippen LogP contribution in [0.5, 0.6) is 5.75 Å². The molecular weight excluding hydrogens is 483 g/mol. The molecule has 0 spiro atoms. The summed E-state index contributed by atoms with van der Waals surface area (Å²) in [6.07, 6.45) is -0.458. The number of para-hydroxylation sites is 1. The third kappa shape index (κ3) is 5.12. The van der Waals surface area contributed by atoms with E-state index in [0.29, 0.717) is 5.56 Å². The van der Waals surface area contributed by atoms with E-state index in [1.807, 2.05) is 0 Å². The van der Waals surface area contributed by atoms with Gasteiger partial charge in [-0.15, -0.1) is 0 Å². The van der Waals surface area contributed by atoms with E-state index in [-0.39, 0.29) is 22.5 Å². The Morgan fingerprint density at radius 2 is 1.69 bits per heavy atom. The van der Waals surface area contributed by atoms with E-state index in [4.69, 9.17) is 0 Å². The van der Waals surface area contributed by atoms with Crippen molar-refractivity contribution in [2.45, 2.75) is 6.42 Å². The third-order valence-electron chi connectivity index (χ3n) is 4.53. The van der Waals surface area contributed by atoms with Gasteiger partial charge >= 0.3 is 178 Å². The fraction of sp³-hybridized carbons (Fsp3) is 0.0476. The molecule has 10 nitrogen and oxygen atoms in total. The fourth-order valence-corrected chi connectivity index (χ4v) is 4.46. The molecule has 4 N–H and O–H groups in total. The maximum absolute atomic E-state index is 12.9. The first kappa shape index (κ1) is 23.0. The second-order valence-electron chi connectivity index (χ2n) is 6.74. The molecule has 1 amide bonds. The molecule has 0 aliphatic carbocycles. The minimum absolute atomic E-state index is 0.0836. The number of nitro benzene ring substituents is 1.